The Morgan fingerprint density at radius 1 is 1.57 bits per heavy atom. The van der Waals surface area contributed by atoms with Crippen molar-refractivity contribution in [2.24, 2.45) is 0 Å². The van der Waals surface area contributed by atoms with Crippen molar-refractivity contribution < 1.29 is 13.9 Å². The van der Waals surface area contributed by atoms with Crippen molar-refractivity contribution in [3.63, 3.8) is 0 Å². The summed E-state index contributed by atoms with van der Waals surface area (Å²) in [7, 11) is 0. The van der Waals surface area contributed by atoms with E-state index in [0.717, 1.165) is 0 Å². The molecule has 0 radical (unpaired) electrons. The molecular formula is C8H7BrClF2NO. The standard InChI is InChI=1S/C8H7BrClF2NO/c9-1-4-2-13-5(3-14)7(10)6(4)8(11)12/h2,8,14H,1,3H2. The second kappa shape index (κ2) is 5.00. The van der Waals surface area contributed by atoms with Crippen LogP contribution in [0.25, 0.3) is 0 Å². The lowest BCUT2D eigenvalue weighted by Crippen LogP contribution is -2.00. The Balaban J connectivity index is 3.31. The Hall–Kier alpha value is -0.260. The van der Waals surface area contributed by atoms with Gasteiger partial charge in [-0.15, -0.1) is 0 Å². The van der Waals surface area contributed by atoms with Crippen molar-refractivity contribution in [3.8, 4) is 0 Å². The van der Waals surface area contributed by atoms with Crippen LogP contribution in [0.15, 0.2) is 6.20 Å². The molecule has 1 heterocycles. The summed E-state index contributed by atoms with van der Waals surface area (Å²) in [5.41, 5.74) is 0.149. The minimum Gasteiger partial charge on any atom is -0.390 e. The number of aliphatic hydroxyl groups is 1. The Labute approximate surface area is 93.0 Å². The maximum Gasteiger partial charge on any atom is 0.265 e. The highest BCUT2D eigenvalue weighted by molar-refractivity contribution is 9.08. The molecule has 0 fully saturated rings. The van der Waals surface area contributed by atoms with Crippen molar-refractivity contribution in [2.45, 2.75) is 18.4 Å². The molecule has 1 aromatic rings. The zero-order chi connectivity index (χ0) is 10.7. The molecule has 0 spiro atoms. The van der Waals surface area contributed by atoms with Crippen LogP contribution in [-0.2, 0) is 11.9 Å². The molecule has 1 rings (SSSR count). The molecule has 0 aliphatic rings. The smallest absolute Gasteiger partial charge is 0.265 e. The molecule has 0 aliphatic heterocycles. The van der Waals surface area contributed by atoms with E-state index in [9.17, 15) is 8.78 Å². The van der Waals surface area contributed by atoms with Crippen LogP contribution >= 0.6 is 27.5 Å². The number of nitrogens with zero attached hydrogens (tertiary/aromatic N) is 1. The third-order valence-electron chi connectivity index (χ3n) is 1.72. The number of halogens is 4. The maximum absolute atomic E-state index is 12.6. The van der Waals surface area contributed by atoms with Crippen LogP contribution in [-0.4, -0.2) is 10.1 Å². The van der Waals surface area contributed by atoms with Crippen molar-refractivity contribution in [1.82, 2.24) is 4.98 Å². The Bertz CT molecular complexity index is 335. The van der Waals surface area contributed by atoms with Gasteiger partial charge in [-0.25, -0.2) is 8.78 Å². The van der Waals surface area contributed by atoms with Crippen molar-refractivity contribution in [3.05, 3.63) is 28.0 Å². The summed E-state index contributed by atoms with van der Waals surface area (Å²) < 4.78 is 25.2. The van der Waals surface area contributed by atoms with E-state index in [1.165, 1.54) is 6.20 Å². The molecular weight excluding hydrogens is 279 g/mol. The van der Waals surface area contributed by atoms with Gasteiger partial charge in [-0.2, -0.15) is 0 Å². The van der Waals surface area contributed by atoms with Crippen molar-refractivity contribution >= 4 is 27.5 Å². The molecule has 0 bridgehead atoms. The minimum absolute atomic E-state index is 0.0756. The van der Waals surface area contributed by atoms with Crippen LogP contribution in [0.4, 0.5) is 8.78 Å². The number of aliphatic hydroxyl groups excluding tert-OH is 1. The van der Waals surface area contributed by atoms with E-state index in [1.54, 1.807) is 0 Å². The summed E-state index contributed by atoms with van der Waals surface area (Å²) in [5.74, 6) is 0. The molecule has 14 heavy (non-hydrogen) atoms. The van der Waals surface area contributed by atoms with Gasteiger partial charge in [-0.3, -0.25) is 4.98 Å². The van der Waals surface area contributed by atoms with Crippen molar-refractivity contribution in [2.75, 3.05) is 0 Å². The summed E-state index contributed by atoms with van der Waals surface area (Å²) in [6.45, 7) is -0.443. The average Bonchev–Trinajstić information content (AvgIpc) is 2.16. The molecule has 0 aromatic carbocycles. The summed E-state index contributed by atoms with van der Waals surface area (Å²) in [5, 5.41) is 8.89. The van der Waals surface area contributed by atoms with E-state index in [-0.39, 0.29) is 21.6 Å². The molecule has 1 aromatic heterocycles. The van der Waals surface area contributed by atoms with Gasteiger partial charge >= 0.3 is 0 Å². The van der Waals surface area contributed by atoms with E-state index in [0.29, 0.717) is 5.56 Å². The van der Waals surface area contributed by atoms with Gasteiger partial charge in [0.05, 0.1) is 17.3 Å². The fourth-order valence-electron chi connectivity index (χ4n) is 1.03. The zero-order valence-electron chi connectivity index (χ0n) is 6.98. The molecule has 0 atom stereocenters. The van der Waals surface area contributed by atoms with Gasteiger partial charge in [-0.05, 0) is 5.56 Å². The number of hydrogen-bond acceptors (Lipinski definition) is 2. The number of alkyl halides is 3. The number of rotatable bonds is 3. The molecule has 1 N–H and O–H groups in total. The van der Waals surface area contributed by atoms with Gasteiger partial charge < -0.3 is 5.11 Å². The Kier molecular flexibility index (Phi) is 4.22. The highest BCUT2D eigenvalue weighted by Crippen LogP contribution is 2.32. The predicted octanol–water partition coefficient (Wildman–Crippen LogP) is 3.06. The maximum atomic E-state index is 12.6. The number of hydrogen-bond donors (Lipinski definition) is 1. The molecule has 6 heteroatoms. The molecule has 78 valence electrons. The van der Waals surface area contributed by atoms with Crippen molar-refractivity contribution in [1.29, 1.82) is 0 Å². The first-order valence-corrected chi connectivity index (χ1v) is 5.22. The molecule has 0 saturated heterocycles. The van der Waals surface area contributed by atoms with Gasteiger partial charge in [0.15, 0.2) is 0 Å². The van der Waals surface area contributed by atoms with E-state index >= 15 is 0 Å². The summed E-state index contributed by atoms with van der Waals surface area (Å²) >= 11 is 8.73. The molecule has 0 saturated carbocycles. The second-order valence-electron chi connectivity index (χ2n) is 2.55. The third kappa shape index (κ3) is 2.21. The zero-order valence-corrected chi connectivity index (χ0v) is 9.32. The molecule has 0 unspecified atom stereocenters. The first-order valence-electron chi connectivity index (χ1n) is 3.73. The third-order valence-corrected chi connectivity index (χ3v) is 2.75. The highest BCUT2D eigenvalue weighted by Gasteiger charge is 2.19. The lowest BCUT2D eigenvalue weighted by Gasteiger charge is -2.10. The largest absolute Gasteiger partial charge is 0.390 e. The summed E-state index contributed by atoms with van der Waals surface area (Å²) in [6.07, 6.45) is -1.38. The van der Waals surface area contributed by atoms with Crippen LogP contribution < -0.4 is 0 Å². The quantitative estimate of drug-likeness (QED) is 0.866. The van der Waals surface area contributed by atoms with E-state index < -0.39 is 13.0 Å². The highest BCUT2D eigenvalue weighted by atomic mass is 79.9. The second-order valence-corrected chi connectivity index (χ2v) is 3.49. The Morgan fingerprint density at radius 2 is 2.21 bits per heavy atom. The predicted molar refractivity (Wildman–Crippen MR) is 52.8 cm³/mol. The molecule has 2 nitrogen and oxygen atoms in total. The fraction of sp³-hybridized carbons (Fsp3) is 0.375. The lowest BCUT2D eigenvalue weighted by molar-refractivity contribution is 0.150. The number of aromatic nitrogens is 1. The minimum atomic E-state index is -2.66. The fourth-order valence-corrected chi connectivity index (χ4v) is 1.79. The average molecular weight is 287 g/mol. The first-order chi connectivity index (χ1) is 6.61. The lowest BCUT2D eigenvalue weighted by atomic mass is 10.1. The number of pyridine rings is 1. The van der Waals surface area contributed by atoms with Gasteiger partial charge in [0.25, 0.3) is 6.43 Å². The van der Waals surface area contributed by atoms with E-state index in [1.807, 2.05) is 0 Å². The first kappa shape index (κ1) is 11.8. The molecule has 0 amide bonds. The monoisotopic (exact) mass is 285 g/mol. The topological polar surface area (TPSA) is 33.1 Å². The van der Waals surface area contributed by atoms with Crippen LogP contribution in [0.5, 0.6) is 0 Å². The Morgan fingerprint density at radius 3 is 2.64 bits per heavy atom. The van der Waals surface area contributed by atoms with Crippen LogP contribution in [0.1, 0.15) is 23.2 Å². The summed E-state index contributed by atoms with van der Waals surface area (Å²) in [6, 6.07) is 0. The van der Waals surface area contributed by atoms with Crippen LogP contribution in [0.2, 0.25) is 5.02 Å². The van der Waals surface area contributed by atoms with Crippen LogP contribution in [0, 0.1) is 0 Å². The van der Waals surface area contributed by atoms with Gasteiger partial charge in [0.2, 0.25) is 0 Å². The van der Waals surface area contributed by atoms with Gasteiger partial charge in [0, 0.05) is 17.1 Å². The van der Waals surface area contributed by atoms with Gasteiger partial charge in [0.1, 0.15) is 0 Å². The van der Waals surface area contributed by atoms with Crippen LogP contribution in [0.3, 0.4) is 0 Å². The van der Waals surface area contributed by atoms with E-state index in [2.05, 4.69) is 20.9 Å². The summed E-state index contributed by atoms with van der Waals surface area (Å²) in [4.78, 5) is 3.77. The normalized spacial score (nSPS) is 11.0. The molecule has 0 aliphatic carbocycles. The van der Waals surface area contributed by atoms with E-state index in [4.69, 9.17) is 16.7 Å². The van der Waals surface area contributed by atoms with Gasteiger partial charge in [-0.1, -0.05) is 27.5 Å². The SMILES string of the molecule is OCc1ncc(CBr)c(C(F)F)c1Cl.